The van der Waals surface area contributed by atoms with Crippen molar-refractivity contribution >= 4 is 40.6 Å². The van der Waals surface area contributed by atoms with Crippen LogP contribution in [-0.4, -0.2) is 43.5 Å². The van der Waals surface area contributed by atoms with Gasteiger partial charge < -0.3 is 10.2 Å². The van der Waals surface area contributed by atoms with Gasteiger partial charge in [0.2, 0.25) is 5.91 Å². The van der Waals surface area contributed by atoms with Crippen molar-refractivity contribution in [2.45, 2.75) is 12.8 Å². The normalized spacial score (nSPS) is 16.9. The third kappa shape index (κ3) is 4.04. The summed E-state index contributed by atoms with van der Waals surface area (Å²) in [5, 5.41) is 4.94. The number of nitrogens with zero attached hydrogens (tertiary/aromatic N) is 4. The summed E-state index contributed by atoms with van der Waals surface area (Å²) < 4.78 is 7.87. The molecule has 3 aromatic rings. The van der Waals surface area contributed by atoms with E-state index in [4.69, 9.17) is 0 Å². The molecule has 1 saturated heterocycles. The number of thiazole rings is 1. The van der Waals surface area contributed by atoms with Crippen molar-refractivity contribution in [2.24, 2.45) is 5.92 Å². The molecule has 0 radical (unpaired) electrons. The number of hydrogen-bond acceptors (Lipinski definition) is 7. The quantitative estimate of drug-likeness (QED) is 0.728. The van der Waals surface area contributed by atoms with Crippen LogP contribution in [0.2, 0.25) is 0 Å². The van der Waals surface area contributed by atoms with Crippen molar-refractivity contribution in [3.05, 3.63) is 47.0 Å². The summed E-state index contributed by atoms with van der Waals surface area (Å²) in [5.41, 5.74) is 4.82. The fourth-order valence-electron chi connectivity index (χ4n) is 3.12. The monoisotopic (exact) mass is 399 g/mol. The van der Waals surface area contributed by atoms with E-state index in [0.717, 1.165) is 41.5 Å². The molecule has 9 heteroatoms. The van der Waals surface area contributed by atoms with Gasteiger partial charge in [-0.15, -0.1) is 11.3 Å². The summed E-state index contributed by atoms with van der Waals surface area (Å²) >= 11 is 2.56. The minimum atomic E-state index is -0.229. The van der Waals surface area contributed by atoms with E-state index in [-0.39, 0.29) is 17.7 Å². The maximum Gasteiger partial charge on any atom is 0.275 e. The molecule has 4 rings (SSSR count). The molecule has 1 aliphatic rings. The zero-order valence-electron chi connectivity index (χ0n) is 14.4. The first-order valence-electron chi connectivity index (χ1n) is 8.57. The molecule has 2 amide bonds. The summed E-state index contributed by atoms with van der Waals surface area (Å²) in [4.78, 5) is 31.1. The van der Waals surface area contributed by atoms with E-state index in [1.54, 1.807) is 21.7 Å². The Morgan fingerprint density at radius 2 is 2.07 bits per heavy atom. The predicted octanol–water partition coefficient (Wildman–Crippen LogP) is 3.15. The number of rotatable bonds is 4. The molecule has 7 nitrogen and oxygen atoms in total. The first kappa shape index (κ1) is 17.7. The number of likely N-dealkylation sites (tertiary alicyclic amines) is 1. The van der Waals surface area contributed by atoms with E-state index < -0.39 is 0 Å². The molecule has 3 heterocycles. The van der Waals surface area contributed by atoms with Gasteiger partial charge in [0.15, 0.2) is 5.69 Å². The highest BCUT2D eigenvalue weighted by Crippen LogP contribution is 2.23. The summed E-state index contributed by atoms with van der Waals surface area (Å²) in [5.74, 6) is -0.452. The van der Waals surface area contributed by atoms with Crippen LogP contribution in [-0.2, 0) is 4.79 Å². The maximum atomic E-state index is 12.7. The Hall–Kier alpha value is -2.65. The van der Waals surface area contributed by atoms with Crippen molar-refractivity contribution < 1.29 is 9.59 Å². The Labute approximate surface area is 164 Å². The Kier molecular flexibility index (Phi) is 5.21. The molecular weight excluding hydrogens is 382 g/mol. The number of carbonyl (C=O) groups excluding carboxylic acids is 2. The molecule has 0 bridgehead atoms. The average molecular weight is 400 g/mol. The Morgan fingerprint density at radius 3 is 2.78 bits per heavy atom. The molecule has 1 N–H and O–H groups in total. The molecule has 2 aromatic heterocycles. The van der Waals surface area contributed by atoms with Crippen LogP contribution in [0, 0.1) is 5.92 Å². The molecule has 138 valence electrons. The number of piperidine rings is 1. The highest BCUT2D eigenvalue weighted by molar-refractivity contribution is 7.07. The van der Waals surface area contributed by atoms with Crippen molar-refractivity contribution in [3.8, 4) is 11.3 Å². The molecule has 1 aromatic carbocycles. The van der Waals surface area contributed by atoms with Crippen molar-refractivity contribution in [2.75, 3.05) is 18.4 Å². The van der Waals surface area contributed by atoms with Gasteiger partial charge in [-0.25, -0.2) is 4.98 Å². The van der Waals surface area contributed by atoms with Gasteiger partial charge in [0.1, 0.15) is 0 Å². The molecule has 1 fully saturated rings. The Morgan fingerprint density at radius 1 is 1.22 bits per heavy atom. The lowest BCUT2D eigenvalue weighted by atomic mass is 9.96. The molecule has 0 aliphatic carbocycles. The highest BCUT2D eigenvalue weighted by Gasteiger charge is 2.29. The molecule has 27 heavy (non-hydrogen) atoms. The van der Waals surface area contributed by atoms with Crippen LogP contribution in [0.1, 0.15) is 23.3 Å². The maximum absolute atomic E-state index is 12.7. The van der Waals surface area contributed by atoms with Crippen LogP contribution in [0.15, 0.2) is 41.4 Å². The smallest absolute Gasteiger partial charge is 0.275 e. The highest BCUT2D eigenvalue weighted by atomic mass is 32.1. The second-order valence-corrected chi connectivity index (χ2v) is 7.60. The average Bonchev–Trinajstić information content (AvgIpc) is 3.42. The summed E-state index contributed by atoms with van der Waals surface area (Å²) in [7, 11) is 0. The number of carbonyl (C=O) groups is 2. The molecule has 0 spiro atoms. The standard InChI is InChI=1S/C18H17N5O2S2/c24-17(21-14-5-3-12(4-6-14)16-10-26-11-19-16)13-2-1-7-23(9-13)18(25)15-8-20-27-22-15/h3-6,8,10-11,13H,1-2,7,9H2,(H,21,24). The van der Waals surface area contributed by atoms with E-state index >= 15 is 0 Å². The molecule has 1 aliphatic heterocycles. The largest absolute Gasteiger partial charge is 0.336 e. The summed E-state index contributed by atoms with van der Waals surface area (Å²) in [6.45, 7) is 1.04. The molecular formula is C18H17N5O2S2. The Bertz CT molecular complexity index is 910. The molecule has 1 atom stereocenters. The van der Waals surface area contributed by atoms with Crippen LogP contribution >= 0.6 is 23.1 Å². The number of anilines is 1. The van der Waals surface area contributed by atoms with Gasteiger partial charge in [-0.2, -0.15) is 8.75 Å². The van der Waals surface area contributed by atoms with Gasteiger partial charge in [0.25, 0.3) is 5.91 Å². The van der Waals surface area contributed by atoms with Crippen molar-refractivity contribution in [1.29, 1.82) is 0 Å². The third-order valence-corrected chi connectivity index (χ3v) is 5.60. The van der Waals surface area contributed by atoms with E-state index in [1.807, 2.05) is 29.6 Å². The lowest BCUT2D eigenvalue weighted by Crippen LogP contribution is -2.43. The summed E-state index contributed by atoms with van der Waals surface area (Å²) in [6, 6.07) is 7.63. The fraction of sp³-hybridized carbons (Fsp3) is 0.278. The number of aromatic nitrogens is 3. The SMILES string of the molecule is O=C(Nc1ccc(-c2cscn2)cc1)C1CCCN(C(=O)c2cnsn2)C1. The molecule has 0 saturated carbocycles. The van der Waals surface area contributed by atoms with Crippen LogP contribution in [0.3, 0.4) is 0 Å². The zero-order chi connectivity index (χ0) is 18.6. The number of hydrogen-bond donors (Lipinski definition) is 1. The second-order valence-electron chi connectivity index (χ2n) is 6.32. The van der Waals surface area contributed by atoms with E-state index in [2.05, 4.69) is 19.0 Å². The van der Waals surface area contributed by atoms with E-state index in [9.17, 15) is 9.59 Å². The number of amides is 2. The first-order valence-corrected chi connectivity index (χ1v) is 10.2. The zero-order valence-corrected chi connectivity index (χ0v) is 16.0. The van der Waals surface area contributed by atoms with Crippen LogP contribution in [0.5, 0.6) is 0 Å². The lowest BCUT2D eigenvalue weighted by Gasteiger charge is -2.31. The number of nitrogens with one attached hydrogen (secondary N) is 1. The minimum Gasteiger partial charge on any atom is -0.336 e. The summed E-state index contributed by atoms with van der Waals surface area (Å²) in [6.07, 6.45) is 3.03. The van der Waals surface area contributed by atoms with Gasteiger partial charge in [-0.3, -0.25) is 9.59 Å². The van der Waals surface area contributed by atoms with Gasteiger partial charge in [0.05, 0.1) is 35.0 Å². The van der Waals surface area contributed by atoms with Gasteiger partial charge >= 0.3 is 0 Å². The predicted molar refractivity (Wildman–Crippen MR) is 105 cm³/mol. The first-order chi connectivity index (χ1) is 13.2. The fourth-order valence-corrected chi connectivity index (χ4v) is 4.09. The van der Waals surface area contributed by atoms with Crippen LogP contribution in [0.4, 0.5) is 5.69 Å². The van der Waals surface area contributed by atoms with Gasteiger partial charge in [-0.1, -0.05) is 12.1 Å². The van der Waals surface area contributed by atoms with Crippen LogP contribution in [0.25, 0.3) is 11.3 Å². The van der Waals surface area contributed by atoms with Crippen molar-refractivity contribution in [3.63, 3.8) is 0 Å². The topological polar surface area (TPSA) is 88.1 Å². The van der Waals surface area contributed by atoms with Gasteiger partial charge in [0, 0.05) is 29.7 Å². The van der Waals surface area contributed by atoms with Gasteiger partial charge in [-0.05, 0) is 25.0 Å². The van der Waals surface area contributed by atoms with E-state index in [0.29, 0.717) is 18.8 Å². The van der Waals surface area contributed by atoms with E-state index in [1.165, 1.54) is 6.20 Å². The molecule has 1 unspecified atom stereocenters. The minimum absolute atomic E-state index is 0.0645. The lowest BCUT2D eigenvalue weighted by molar-refractivity contribution is -0.121. The second kappa shape index (κ2) is 7.93. The van der Waals surface area contributed by atoms with Crippen LogP contribution < -0.4 is 5.32 Å². The Balaban J connectivity index is 1.38. The number of benzene rings is 1. The third-order valence-electron chi connectivity index (χ3n) is 4.54. The van der Waals surface area contributed by atoms with Crippen molar-refractivity contribution in [1.82, 2.24) is 18.6 Å².